The molecule has 4 heteroatoms. The van der Waals surface area contributed by atoms with Gasteiger partial charge in [-0.1, -0.05) is 0 Å². The summed E-state index contributed by atoms with van der Waals surface area (Å²) in [5.41, 5.74) is 0. The first kappa shape index (κ1) is 11.5. The first-order chi connectivity index (χ1) is 5.41. The van der Waals surface area contributed by atoms with Crippen molar-refractivity contribution in [3.8, 4) is 0 Å². The van der Waals surface area contributed by atoms with Crippen LogP contribution < -0.4 is 10.6 Å². The van der Waals surface area contributed by atoms with E-state index in [4.69, 9.17) is 23.2 Å². The predicted molar refractivity (Wildman–Crippen MR) is 51.8 cm³/mol. The van der Waals surface area contributed by atoms with Crippen LogP contribution in [0.2, 0.25) is 0 Å². The van der Waals surface area contributed by atoms with Crippen molar-refractivity contribution in [2.75, 3.05) is 37.9 Å². The third kappa shape index (κ3) is 10.5. The van der Waals surface area contributed by atoms with Crippen molar-refractivity contribution in [3.05, 3.63) is 0 Å². The van der Waals surface area contributed by atoms with E-state index >= 15 is 0 Å². The number of hydrogen-bond acceptors (Lipinski definition) is 2. The number of hydrogen-bond donors (Lipinski definition) is 2. The average Bonchev–Trinajstić information content (AvgIpc) is 2.03. The Hall–Kier alpha value is 0.500. The summed E-state index contributed by atoms with van der Waals surface area (Å²) in [7, 11) is 0. The van der Waals surface area contributed by atoms with E-state index in [2.05, 4.69) is 10.6 Å². The molecule has 0 rings (SSSR count). The van der Waals surface area contributed by atoms with Crippen molar-refractivity contribution >= 4 is 23.2 Å². The lowest BCUT2D eigenvalue weighted by Gasteiger charge is -2.02. The van der Waals surface area contributed by atoms with Crippen LogP contribution >= 0.6 is 23.2 Å². The van der Waals surface area contributed by atoms with Gasteiger partial charge in [-0.25, -0.2) is 0 Å². The molecule has 0 aromatic carbocycles. The van der Waals surface area contributed by atoms with Crippen molar-refractivity contribution < 1.29 is 0 Å². The van der Waals surface area contributed by atoms with Crippen LogP contribution in [0.4, 0.5) is 0 Å². The molecule has 0 spiro atoms. The zero-order valence-electron chi connectivity index (χ0n) is 6.71. The van der Waals surface area contributed by atoms with Crippen molar-refractivity contribution in [1.29, 1.82) is 0 Å². The van der Waals surface area contributed by atoms with Gasteiger partial charge < -0.3 is 10.6 Å². The smallest absolute Gasteiger partial charge is 0.0348 e. The van der Waals surface area contributed by atoms with Crippen LogP contribution in [0.25, 0.3) is 0 Å². The Morgan fingerprint density at radius 1 is 0.727 bits per heavy atom. The molecule has 0 unspecified atom stereocenters. The van der Waals surface area contributed by atoms with E-state index in [-0.39, 0.29) is 0 Å². The largest absolute Gasteiger partial charge is 0.315 e. The van der Waals surface area contributed by atoms with E-state index in [9.17, 15) is 0 Å². The molecule has 2 nitrogen and oxygen atoms in total. The van der Waals surface area contributed by atoms with Gasteiger partial charge in [0.05, 0.1) is 0 Å². The highest BCUT2D eigenvalue weighted by Gasteiger charge is 1.86. The van der Waals surface area contributed by atoms with Gasteiger partial charge in [-0.3, -0.25) is 0 Å². The molecule has 0 bridgehead atoms. The minimum absolute atomic E-state index is 0.690. The highest BCUT2D eigenvalue weighted by molar-refractivity contribution is 6.18. The Morgan fingerprint density at radius 3 is 1.55 bits per heavy atom. The van der Waals surface area contributed by atoms with Crippen LogP contribution in [0.15, 0.2) is 0 Å². The van der Waals surface area contributed by atoms with E-state index in [0.717, 1.165) is 32.6 Å². The summed E-state index contributed by atoms with van der Waals surface area (Å²) in [5.74, 6) is 1.38. The van der Waals surface area contributed by atoms with Crippen LogP contribution in [-0.4, -0.2) is 37.9 Å². The molecule has 0 aliphatic rings. The number of nitrogens with one attached hydrogen (secondary N) is 2. The molecular weight excluding hydrogens is 183 g/mol. The van der Waals surface area contributed by atoms with Crippen LogP contribution in [-0.2, 0) is 0 Å². The summed E-state index contributed by atoms with van der Waals surface area (Å²) in [6.45, 7) is 3.86. The third-order valence-corrected chi connectivity index (χ3v) is 1.63. The van der Waals surface area contributed by atoms with E-state index < -0.39 is 0 Å². The summed E-state index contributed by atoms with van der Waals surface area (Å²) in [6, 6.07) is 0. The minimum Gasteiger partial charge on any atom is -0.315 e. The van der Waals surface area contributed by atoms with Crippen LogP contribution in [0, 0.1) is 0 Å². The van der Waals surface area contributed by atoms with Crippen molar-refractivity contribution in [3.63, 3.8) is 0 Å². The Balaban J connectivity index is 2.69. The molecule has 0 aromatic heterocycles. The lowest BCUT2D eigenvalue weighted by molar-refractivity contribution is 0.621. The van der Waals surface area contributed by atoms with Crippen molar-refractivity contribution in [2.24, 2.45) is 0 Å². The number of alkyl halides is 2. The molecule has 0 heterocycles. The van der Waals surface area contributed by atoms with Gasteiger partial charge in [-0.05, 0) is 19.5 Å². The Bertz CT molecular complexity index is 63.5. The van der Waals surface area contributed by atoms with Gasteiger partial charge in [0, 0.05) is 24.8 Å². The van der Waals surface area contributed by atoms with Crippen LogP contribution in [0.3, 0.4) is 0 Å². The van der Waals surface area contributed by atoms with E-state index in [1.54, 1.807) is 0 Å². The lowest BCUT2D eigenvalue weighted by Crippen LogP contribution is -2.24. The molecule has 0 aliphatic heterocycles. The van der Waals surface area contributed by atoms with Crippen LogP contribution in [0.5, 0.6) is 0 Å². The van der Waals surface area contributed by atoms with Gasteiger partial charge in [-0.15, -0.1) is 23.2 Å². The zero-order chi connectivity index (χ0) is 8.36. The minimum atomic E-state index is 0.690. The summed E-state index contributed by atoms with van der Waals surface area (Å²) in [4.78, 5) is 0. The molecule has 0 saturated carbocycles. The molecule has 0 amide bonds. The molecule has 0 saturated heterocycles. The molecule has 0 atom stereocenters. The summed E-state index contributed by atoms with van der Waals surface area (Å²) >= 11 is 10.9. The first-order valence-electron chi connectivity index (χ1n) is 3.95. The normalized spacial score (nSPS) is 10.4. The molecular formula is C7H16Cl2N2. The maximum atomic E-state index is 5.47. The standard InChI is InChI=1S/C7H16Cl2N2/c8-2-6-10-4-1-5-11-7-3-9/h10-11H,1-7H2. The predicted octanol–water partition coefficient (Wildman–Crippen LogP) is 1.03. The average molecular weight is 199 g/mol. The molecule has 2 N–H and O–H groups in total. The monoisotopic (exact) mass is 198 g/mol. The van der Waals surface area contributed by atoms with E-state index in [0.29, 0.717) is 11.8 Å². The van der Waals surface area contributed by atoms with E-state index in [1.807, 2.05) is 0 Å². The van der Waals surface area contributed by atoms with Gasteiger partial charge in [0.2, 0.25) is 0 Å². The van der Waals surface area contributed by atoms with Gasteiger partial charge in [0.15, 0.2) is 0 Å². The highest BCUT2D eigenvalue weighted by atomic mass is 35.5. The fourth-order valence-electron chi connectivity index (χ4n) is 0.722. The van der Waals surface area contributed by atoms with Gasteiger partial charge in [-0.2, -0.15) is 0 Å². The van der Waals surface area contributed by atoms with Gasteiger partial charge in [0.1, 0.15) is 0 Å². The van der Waals surface area contributed by atoms with Crippen molar-refractivity contribution in [1.82, 2.24) is 10.6 Å². The fraction of sp³-hybridized carbons (Fsp3) is 1.00. The number of halogens is 2. The Labute approximate surface area is 78.6 Å². The molecule has 68 valence electrons. The lowest BCUT2D eigenvalue weighted by atomic mass is 10.4. The second kappa shape index (κ2) is 10.5. The maximum absolute atomic E-state index is 5.47. The second-order valence-electron chi connectivity index (χ2n) is 2.23. The van der Waals surface area contributed by atoms with Gasteiger partial charge >= 0.3 is 0 Å². The maximum Gasteiger partial charge on any atom is 0.0348 e. The summed E-state index contributed by atoms with van der Waals surface area (Å²) in [5, 5.41) is 6.41. The molecule has 0 radical (unpaired) electrons. The van der Waals surface area contributed by atoms with Crippen molar-refractivity contribution in [2.45, 2.75) is 6.42 Å². The van der Waals surface area contributed by atoms with Crippen LogP contribution in [0.1, 0.15) is 6.42 Å². The zero-order valence-corrected chi connectivity index (χ0v) is 8.22. The molecule has 11 heavy (non-hydrogen) atoms. The quantitative estimate of drug-likeness (QED) is 0.450. The number of rotatable bonds is 8. The molecule has 0 aliphatic carbocycles. The molecule has 0 aromatic rings. The highest BCUT2D eigenvalue weighted by Crippen LogP contribution is 1.76. The SMILES string of the molecule is ClCCNCCCNCCCl. The first-order valence-corrected chi connectivity index (χ1v) is 5.02. The Kier molecular flexibility index (Phi) is 11.0. The summed E-state index contributed by atoms with van der Waals surface area (Å²) < 4.78 is 0. The second-order valence-corrected chi connectivity index (χ2v) is 2.99. The summed E-state index contributed by atoms with van der Waals surface area (Å²) in [6.07, 6.45) is 1.13. The van der Waals surface area contributed by atoms with E-state index in [1.165, 1.54) is 0 Å². The fourth-order valence-corrected chi connectivity index (χ4v) is 0.989. The molecule has 0 fully saturated rings. The van der Waals surface area contributed by atoms with Gasteiger partial charge in [0.25, 0.3) is 0 Å². The third-order valence-electron chi connectivity index (χ3n) is 1.25. The topological polar surface area (TPSA) is 24.1 Å². The Morgan fingerprint density at radius 2 is 1.18 bits per heavy atom.